The van der Waals surface area contributed by atoms with Gasteiger partial charge in [0.25, 0.3) is 11.7 Å². The molecule has 1 aromatic heterocycles. The van der Waals surface area contributed by atoms with Gasteiger partial charge in [0.1, 0.15) is 23.4 Å². The molecule has 0 bridgehead atoms. The Bertz CT molecular complexity index is 1280. The van der Waals surface area contributed by atoms with Gasteiger partial charge in [-0.3, -0.25) is 9.59 Å². The number of fused-ring (bicyclic) bond motifs is 1. The number of hydrogen-bond donors (Lipinski definition) is 1. The van der Waals surface area contributed by atoms with Gasteiger partial charge in [0.2, 0.25) is 0 Å². The van der Waals surface area contributed by atoms with Crippen molar-refractivity contribution in [2.24, 2.45) is 0 Å². The second-order valence-corrected chi connectivity index (χ2v) is 9.24. The molecular formula is C26H22FNO4S. The van der Waals surface area contributed by atoms with Crippen LogP contribution in [0.5, 0.6) is 5.75 Å². The minimum atomic E-state index is -0.721. The smallest absolute Gasteiger partial charge is 0.295 e. The van der Waals surface area contributed by atoms with E-state index in [4.69, 9.17) is 4.74 Å². The minimum absolute atomic E-state index is 0.0735. The number of likely N-dealkylation sites (tertiary alicyclic amines) is 1. The largest absolute Gasteiger partial charge is 0.507 e. The van der Waals surface area contributed by atoms with E-state index in [0.29, 0.717) is 17.7 Å². The molecule has 1 N–H and O–H groups in total. The highest BCUT2D eigenvalue weighted by molar-refractivity contribution is 7.10. The van der Waals surface area contributed by atoms with E-state index >= 15 is 0 Å². The summed E-state index contributed by atoms with van der Waals surface area (Å²) in [6, 6.07) is 12.4. The molecular weight excluding hydrogens is 441 g/mol. The summed E-state index contributed by atoms with van der Waals surface area (Å²) in [7, 11) is 0. The van der Waals surface area contributed by atoms with Crippen LogP contribution in [-0.4, -0.2) is 28.3 Å². The molecule has 0 spiro atoms. The van der Waals surface area contributed by atoms with Gasteiger partial charge in [-0.05, 0) is 78.2 Å². The van der Waals surface area contributed by atoms with Crippen molar-refractivity contribution in [2.45, 2.75) is 32.4 Å². The molecule has 0 aliphatic carbocycles. The molecule has 2 aliphatic heterocycles. The van der Waals surface area contributed by atoms with Crippen molar-refractivity contribution in [3.05, 3.63) is 92.4 Å². The Morgan fingerprint density at radius 2 is 1.97 bits per heavy atom. The molecule has 5 rings (SSSR count). The van der Waals surface area contributed by atoms with Crippen molar-refractivity contribution in [1.82, 2.24) is 4.90 Å². The SMILES string of the molecule is Cc1ccsc1C1/C(=C(/O)c2ccc3c(c2)CCCO3)C(=O)C(=O)N1Cc1ccc(F)cc1. The fourth-order valence-electron chi connectivity index (χ4n) is 4.43. The Hall–Kier alpha value is -3.45. The lowest BCUT2D eigenvalue weighted by Gasteiger charge is -2.25. The first-order valence-electron chi connectivity index (χ1n) is 10.8. The zero-order chi connectivity index (χ0) is 23.1. The molecule has 2 aliphatic rings. The van der Waals surface area contributed by atoms with Gasteiger partial charge < -0.3 is 14.7 Å². The normalized spacial score (nSPS) is 19.5. The van der Waals surface area contributed by atoms with Crippen molar-refractivity contribution < 1.29 is 23.8 Å². The van der Waals surface area contributed by atoms with Gasteiger partial charge in [0.05, 0.1) is 12.2 Å². The Morgan fingerprint density at radius 1 is 1.18 bits per heavy atom. The Balaban J connectivity index is 1.62. The fraction of sp³-hybridized carbons (Fsp3) is 0.231. The lowest BCUT2D eigenvalue weighted by Crippen LogP contribution is -2.29. The second kappa shape index (κ2) is 8.48. The van der Waals surface area contributed by atoms with E-state index in [2.05, 4.69) is 0 Å². The van der Waals surface area contributed by atoms with E-state index in [9.17, 15) is 19.1 Å². The highest BCUT2D eigenvalue weighted by Crippen LogP contribution is 2.43. The number of rotatable bonds is 4. The van der Waals surface area contributed by atoms with E-state index in [0.717, 1.165) is 34.6 Å². The molecule has 7 heteroatoms. The van der Waals surface area contributed by atoms with E-state index in [1.165, 1.54) is 28.4 Å². The van der Waals surface area contributed by atoms with Crippen molar-refractivity contribution in [3.8, 4) is 5.75 Å². The number of ether oxygens (including phenoxy) is 1. The molecule has 1 unspecified atom stereocenters. The molecule has 1 atom stereocenters. The zero-order valence-corrected chi connectivity index (χ0v) is 18.8. The number of halogens is 1. The number of aryl methyl sites for hydroxylation is 2. The van der Waals surface area contributed by atoms with E-state index in [1.54, 1.807) is 24.3 Å². The maximum atomic E-state index is 13.4. The Morgan fingerprint density at radius 3 is 2.70 bits per heavy atom. The summed E-state index contributed by atoms with van der Waals surface area (Å²) in [6.45, 7) is 2.70. The van der Waals surface area contributed by atoms with Crippen molar-refractivity contribution in [2.75, 3.05) is 6.61 Å². The van der Waals surface area contributed by atoms with Crippen LogP contribution in [0, 0.1) is 12.7 Å². The molecule has 0 saturated carbocycles. The number of aliphatic hydroxyl groups excluding tert-OH is 1. The van der Waals surface area contributed by atoms with Gasteiger partial charge in [0.15, 0.2) is 0 Å². The number of aliphatic hydroxyl groups is 1. The first kappa shape index (κ1) is 21.4. The summed E-state index contributed by atoms with van der Waals surface area (Å²) in [5, 5.41) is 13.2. The van der Waals surface area contributed by atoms with E-state index < -0.39 is 17.7 Å². The molecule has 33 heavy (non-hydrogen) atoms. The van der Waals surface area contributed by atoms with Crippen molar-refractivity contribution >= 4 is 28.8 Å². The lowest BCUT2D eigenvalue weighted by atomic mass is 9.96. The zero-order valence-electron chi connectivity index (χ0n) is 18.0. The van der Waals surface area contributed by atoms with Crippen LogP contribution in [-0.2, 0) is 22.6 Å². The van der Waals surface area contributed by atoms with Gasteiger partial charge in [-0.1, -0.05) is 12.1 Å². The van der Waals surface area contributed by atoms with Crippen LogP contribution >= 0.6 is 11.3 Å². The maximum absolute atomic E-state index is 13.4. The third-order valence-electron chi connectivity index (χ3n) is 6.14. The summed E-state index contributed by atoms with van der Waals surface area (Å²) < 4.78 is 19.0. The summed E-state index contributed by atoms with van der Waals surface area (Å²) in [5.74, 6) is -1.19. The first-order chi connectivity index (χ1) is 15.9. The molecule has 1 fully saturated rings. The van der Waals surface area contributed by atoms with Crippen LogP contribution in [0.4, 0.5) is 4.39 Å². The number of carbonyl (C=O) groups is 2. The molecule has 1 amide bonds. The molecule has 3 aromatic rings. The predicted octanol–water partition coefficient (Wildman–Crippen LogP) is 5.14. The molecule has 168 valence electrons. The minimum Gasteiger partial charge on any atom is -0.507 e. The number of hydrogen-bond acceptors (Lipinski definition) is 5. The van der Waals surface area contributed by atoms with Gasteiger partial charge in [-0.25, -0.2) is 4.39 Å². The van der Waals surface area contributed by atoms with Crippen LogP contribution in [0.15, 0.2) is 59.5 Å². The first-order valence-corrected chi connectivity index (χ1v) is 11.6. The lowest BCUT2D eigenvalue weighted by molar-refractivity contribution is -0.140. The quantitative estimate of drug-likeness (QED) is 0.330. The highest BCUT2D eigenvalue weighted by Gasteiger charge is 2.47. The highest BCUT2D eigenvalue weighted by atomic mass is 32.1. The third kappa shape index (κ3) is 3.82. The van der Waals surface area contributed by atoms with Crippen LogP contribution in [0.3, 0.4) is 0 Å². The van der Waals surface area contributed by atoms with Gasteiger partial charge in [-0.15, -0.1) is 11.3 Å². The van der Waals surface area contributed by atoms with Crippen LogP contribution in [0.25, 0.3) is 5.76 Å². The Labute approximate surface area is 194 Å². The predicted molar refractivity (Wildman–Crippen MR) is 124 cm³/mol. The van der Waals surface area contributed by atoms with Crippen LogP contribution in [0.1, 0.15) is 39.6 Å². The number of thiophene rings is 1. The number of benzene rings is 2. The maximum Gasteiger partial charge on any atom is 0.295 e. The topological polar surface area (TPSA) is 66.8 Å². The Kier molecular flexibility index (Phi) is 5.50. The monoisotopic (exact) mass is 463 g/mol. The third-order valence-corrected chi connectivity index (χ3v) is 7.21. The van der Waals surface area contributed by atoms with Crippen LogP contribution in [0.2, 0.25) is 0 Å². The van der Waals surface area contributed by atoms with Crippen LogP contribution < -0.4 is 4.74 Å². The summed E-state index contributed by atoms with van der Waals surface area (Å²) in [4.78, 5) is 28.6. The fourth-order valence-corrected chi connectivity index (χ4v) is 5.48. The average molecular weight is 464 g/mol. The molecule has 0 radical (unpaired) electrons. The summed E-state index contributed by atoms with van der Waals surface area (Å²) in [6.07, 6.45) is 1.70. The van der Waals surface area contributed by atoms with E-state index in [1.807, 2.05) is 24.4 Å². The molecule has 1 saturated heterocycles. The number of Topliss-reactive ketones (excluding diaryl/α,β-unsaturated/α-hetero) is 1. The number of nitrogens with zero attached hydrogens (tertiary/aromatic N) is 1. The number of ketones is 1. The average Bonchev–Trinajstić information content (AvgIpc) is 3.35. The van der Waals surface area contributed by atoms with Gasteiger partial charge in [-0.2, -0.15) is 0 Å². The summed E-state index contributed by atoms with van der Waals surface area (Å²) in [5.41, 5.74) is 3.15. The standard InChI is InChI=1S/C26H22FNO4S/c1-15-10-12-33-25(15)22-21(23(29)18-6-9-20-17(13-18)3-2-11-32-20)24(30)26(31)28(22)14-16-4-7-19(27)8-5-16/h4-10,12-13,22,29H,2-3,11,14H2,1H3/b23-21-. The van der Waals surface area contributed by atoms with Gasteiger partial charge >= 0.3 is 0 Å². The van der Waals surface area contributed by atoms with Crippen molar-refractivity contribution in [3.63, 3.8) is 0 Å². The molecule has 2 aromatic carbocycles. The van der Waals surface area contributed by atoms with E-state index in [-0.39, 0.29) is 23.7 Å². The molecule has 3 heterocycles. The molecule has 5 nitrogen and oxygen atoms in total. The second-order valence-electron chi connectivity index (χ2n) is 8.30. The number of amides is 1. The number of carbonyl (C=O) groups excluding carboxylic acids is 2. The van der Waals surface area contributed by atoms with Gasteiger partial charge in [0, 0.05) is 17.0 Å². The summed E-state index contributed by atoms with van der Waals surface area (Å²) >= 11 is 1.44. The van der Waals surface area contributed by atoms with Crippen molar-refractivity contribution in [1.29, 1.82) is 0 Å².